The molecule has 2 amide bonds. The maximum Gasteiger partial charge on any atom is 0.343 e. The molecule has 1 heterocycles. The fourth-order valence-corrected chi connectivity index (χ4v) is 3.24. The van der Waals surface area contributed by atoms with Gasteiger partial charge in [0.1, 0.15) is 0 Å². The molecule has 2 N–H and O–H groups in total. The molecule has 0 fully saturated rings. The van der Waals surface area contributed by atoms with Gasteiger partial charge in [0.25, 0.3) is 5.91 Å². The molecule has 28 heavy (non-hydrogen) atoms. The normalized spacial score (nSPS) is 11.4. The van der Waals surface area contributed by atoms with Gasteiger partial charge in [0.15, 0.2) is 5.16 Å². The number of aromatic amines is 1. The molecule has 0 spiro atoms. The number of nitrogens with one attached hydrogen (secondary N) is 2. The fourth-order valence-electron chi connectivity index (χ4n) is 2.46. The second-order valence-electron chi connectivity index (χ2n) is 7.30. The minimum absolute atomic E-state index is 0.00985. The summed E-state index contributed by atoms with van der Waals surface area (Å²) in [6.45, 7) is 7.23. The molecule has 2 aromatic rings. The van der Waals surface area contributed by atoms with Gasteiger partial charge in [-0.3, -0.25) is 19.5 Å². The highest BCUT2D eigenvalue weighted by molar-refractivity contribution is 7.99. The van der Waals surface area contributed by atoms with Gasteiger partial charge < -0.3 is 4.74 Å². The first-order valence-electron chi connectivity index (χ1n) is 8.94. The highest BCUT2D eigenvalue weighted by Gasteiger charge is 2.16. The molecule has 0 aliphatic rings. The number of imide groups is 1. The van der Waals surface area contributed by atoms with Crippen molar-refractivity contribution in [3.8, 4) is 0 Å². The van der Waals surface area contributed by atoms with Gasteiger partial charge in [-0.2, -0.15) is 0 Å². The Balaban J connectivity index is 1.90. The van der Waals surface area contributed by atoms with E-state index < -0.39 is 11.8 Å². The molecule has 1 aromatic heterocycles. The summed E-state index contributed by atoms with van der Waals surface area (Å²) in [5.74, 6) is -0.931. The molecule has 0 saturated heterocycles. The number of methoxy groups -OCH3 is 1. The van der Waals surface area contributed by atoms with Crippen LogP contribution in [0.3, 0.4) is 0 Å². The molecular weight excluding hydrogens is 380 g/mol. The molecule has 152 valence electrons. The largest absolute Gasteiger partial charge is 0.385 e. The number of rotatable bonds is 8. The van der Waals surface area contributed by atoms with Crippen LogP contribution < -0.4 is 11.0 Å². The van der Waals surface area contributed by atoms with Crippen molar-refractivity contribution in [3.63, 3.8) is 0 Å². The fraction of sp³-hybridized carbons (Fsp3) is 0.474. The average molecular weight is 407 g/mol. The first kappa shape index (κ1) is 21.9. The highest BCUT2D eigenvalue weighted by atomic mass is 32.2. The summed E-state index contributed by atoms with van der Waals surface area (Å²) < 4.78 is 6.42. The molecule has 0 atom stereocenters. The van der Waals surface area contributed by atoms with Crippen LogP contribution in [0.2, 0.25) is 0 Å². The van der Waals surface area contributed by atoms with Crippen molar-refractivity contribution in [1.29, 1.82) is 0 Å². The van der Waals surface area contributed by atoms with Crippen LogP contribution in [-0.4, -0.2) is 46.0 Å². The van der Waals surface area contributed by atoms with Crippen molar-refractivity contribution in [2.45, 2.75) is 44.3 Å². The number of nitrogens with zero attached hydrogens (tertiary/aromatic N) is 2. The van der Waals surface area contributed by atoms with Gasteiger partial charge in [-0.1, -0.05) is 44.7 Å². The van der Waals surface area contributed by atoms with Crippen LogP contribution >= 0.6 is 11.8 Å². The summed E-state index contributed by atoms with van der Waals surface area (Å²) in [6, 6.07) is 7.18. The van der Waals surface area contributed by atoms with Crippen LogP contribution in [0.4, 0.5) is 0 Å². The van der Waals surface area contributed by atoms with E-state index >= 15 is 0 Å². The Morgan fingerprint density at radius 3 is 2.54 bits per heavy atom. The monoisotopic (exact) mass is 406 g/mol. The second kappa shape index (κ2) is 9.70. The summed E-state index contributed by atoms with van der Waals surface area (Å²) in [5.41, 5.74) is 1.18. The van der Waals surface area contributed by atoms with Crippen molar-refractivity contribution < 1.29 is 14.3 Å². The molecule has 0 bridgehead atoms. The molecule has 2 rings (SSSR count). The minimum Gasteiger partial charge on any atom is -0.385 e. The van der Waals surface area contributed by atoms with Crippen LogP contribution in [0.25, 0.3) is 0 Å². The zero-order chi connectivity index (χ0) is 20.7. The standard InChI is InChI=1S/C19H26N4O4S/c1-19(2,3)14-8-6-13(7-9-14)16(25)20-15(24)12-28-18-22-21-17(26)23(18)10-5-11-27-4/h6-9H,5,10-12H2,1-4H3,(H,21,26)(H,20,24,25). The van der Waals surface area contributed by atoms with Crippen molar-refractivity contribution in [3.05, 3.63) is 45.9 Å². The summed E-state index contributed by atoms with van der Waals surface area (Å²) >= 11 is 1.09. The summed E-state index contributed by atoms with van der Waals surface area (Å²) in [6.07, 6.45) is 0.652. The molecular formula is C19H26N4O4S. The van der Waals surface area contributed by atoms with Crippen LogP contribution in [-0.2, 0) is 21.5 Å². The summed E-state index contributed by atoms with van der Waals surface area (Å²) in [5, 5.41) is 9.05. The van der Waals surface area contributed by atoms with Crippen molar-refractivity contribution in [2.75, 3.05) is 19.5 Å². The van der Waals surface area contributed by atoms with E-state index in [0.717, 1.165) is 17.3 Å². The Morgan fingerprint density at radius 1 is 1.25 bits per heavy atom. The first-order chi connectivity index (χ1) is 13.2. The molecule has 9 heteroatoms. The number of hydrogen-bond acceptors (Lipinski definition) is 6. The molecule has 0 aliphatic heterocycles. The van der Waals surface area contributed by atoms with E-state index in [0.29, 0.717) is 30.3 Å². The van der Waals surface area contributed by atoms with E-state index in [1.165, 1.54) is 4.57 Å². The number of amides is 2. The number of ether oxygens (including phenoxy) is 1. The lowest BCUT2D eigenvalue weighted by Crippen LogP contribution is -2.32. The Morgan fingerprint density at radius 2 is 1.93 bits per heavy atom. The maximum atomic E-state index is 12.2. The van der Waals surface area contributed by atoms with Gasteiger partial charge in [0.05, 0.1) is 5.75 Å². The molecule has 0 unspecified atom stereocenters. The van der Waals surface area contributed by atoms with Gasteiger partial charge >= 0.3 is 5.69 Å². The zero-order valence-corrected chi connectivity index (χ0v) is 17.4. The molecule has 0 radical (unpaired) electrons. The van der Waals surface area contributed by atoms with E-state index in [4.69, 9.17) is 4.74 Å². The Kier molecular flexibility index (Phi) is 7.59. The number of H-pyrrole nitrogens is 1. The number of carbonyl (C=O) groups is 2. The maximum absolute atomic E-state index is 12.2. The third kappa shape index (κ3) is 6.07. The lowest BCUT2D eigenvalue weighted by molar-refractivity contribution is -0.117. The van der Waals surface area contributed by atoms with Crippen LogP contribution in [0.1, 0.15) is 43.1 Å². The van der Waals surface area contributed by atoms with Crippen molar-refractivity contribution >= 4 is 23.6 Å². The van der Waals surface area contributed by atoms with Crippen molar-refractivity contribution in [1.82, 2.24) is 20.1 Å². The van der Waals surface area contributed by atoms with E-state index in [1.807, 2.05) is 12.1 Å². The van der Waals surface area contributed by atoms with E-state index in [1.54, 1.807) is 19.2 Å². The number of benzene rings is 1. The van der Waals surface area contributed by atoms with Gasteiger partial charge in [-0.25, -0.2) is 9.89 Å². The molecule has 0 aliphatic carbocycles. The molecule has 8 nitrogen and oxygen atoms in total. The number of thioether (sulfide) groups is 1. The van der Waals surface area contributed by atoms with E-state index in [-0.39, 0.29) is 16.9 Å². The first-order valence-corrected chi connectivity index (χ1v) is 9.92. The van der Waals surface area contributed by atoms with E-state index in [2.05, 4.69) is 36.3 Å². The third-order valence-electron chi connectivity index (χ3n) is 4.05. The Bertz CT molecular complexity index is 865. The third-order valence-corrected chi connectivity index (χ3v) is 5.03. The van der Waals surface area contributed by atoms with Gasteiger partial charge in [0, 0.05) is 25.8 Å². The predicted molar refractivity (Wildman–Crippen MR) is 108 cm³/mol. The smallest absolute Gasteiger partial charge is 0.343 e. The Labute approximate surface area is 168 Å². The van der Waals surface area contributed by atoms with Crippen LogP contribution in [0, 0.1) is 0 Å². The van der Waals surface area contributed by atoms with Gasteiger partial charge in [-0.05, 0) is 29.5 Å². The van der Waals surface area contributed by atoms with Crippen molar-refractivity contribution in [2.24, 2.45) is 0 Å². The zero-order valence-electron chi connectivity index (χ0n) is 16.6. The second-order valence-corrected chi connectivity index (χ2v) is 8.25. The Hall–Kier alpha value is -2.39. The summed E-state index contributed by atoms with van der Waals surface area (Å²) in [7, 11) is 1.59. The molecule has 1 aromatic carbocycles. The minimum atomic E-state index is -0.453. The number of aromatic nitrogens is 3. The highest BCUT2D eigenvalue weighted by Crippen LogP contribution is 2.22. The quantitative estimate of drug-likeness (QED) is 0.513. The average Bonchev–Trinajstić information content (AvgIpc) is 2.99. The topological polar surface area (TPSA) is 106 Å². The van der Waals surface area contributed by atoms with Gasteiger partial charge in [-0.15, -0.1) is 5.10 Å². The lowest BCUT2D eigenvalue weighted by atomic mass is 9.87. The number of hydrogen-bond donors (Lipinski definition) is 2. The lowest BCUT2D eigenvalue weighted by Gasteiger charge is -2.18. The SMILES string of the molecule is COCCCn1c(SCC(=O)NC(=O)c2ccc(C(C)(C)C)cc2)n[nH]c1=O. The summed E-state index contributed by atoms with van der Waals surface area (Å²) in [4.78, 5) is 36.1. The van der Waals surface area contributed by atoms with Crippen LogP contribution in [0.15, 0.2) is 34.2 Å². The van der Waals surface area contributed by atoms with Gasteiger partial charge in [0.2, 0.25) is 5.91 Å². The number of carbonyl (C=O) groups excluding carboxylic acids is 2. The molecule has 0 saturated carbocycles. The van der Waals surface area contributed by atoms with Crippen LogP contribution in [0.5, 0.6) is 0 Å². The van der Waals surface area contributed by atoms with E-state index in [9.17, 15) is 14.4 Å². The predicted octanol–water partition coefficient (Wildman–Crippen LogP) is 1.95.